The molecule has 8 nitrogen and oxygen atoms in total. The second kappa shape index (κ2) is 16.6. The van der Waals surface area contributed by atoms with Crippen LogP contribution in [-0.4, -0.2) is 77.9 Å². The molecule has 0 spiro atoms. The summed E-state index contributed by atoms with van der Waals surface area (Å²) in [4.78, 5) is 20.9. The minimum atomic E-state index is -0.274. The quantitative estimate of drug-likeness (QED) is 0.233. The van der Waals surface area contributed by atoms with Crippen LogP contribution >= 0.6 is 0 Å². The first-order valence-electron chi connectivity index (χ1n) is 8.20. The maximum Gasteiger partial charge on any atom is 0.302 e. The molecule has 0 saturated carbocycles. The molecule has 1 amide bonds. The van der Waals surface area contributed by atoms with Crippen LogP contribution < -0.4 is 5.32 Å². The van der Waals surface area contributed by atoms with Crippen LogP contribution in [0.15, 0.2) is 0 Å². The summed E-state index contributed by atoms with van der Waals surface area (Å²) in [6.45, 7) is 6.59. The van der Waals surface area contributed by atoms with Crippen molar-refractivity contribution in [2.75, 3.05) is 53.3 Å². The highest BCUT2D eigenvalue weighted by Crippen LogP contribution is 2.09. The van der Waals surface area contributed by atoms with Crippen molar-refractivity contribution < 1.29 is 33.3 Å². The third-order valence-electron chi connectivity index (χ3n) is 3.04. The van der Waals surface area contributed by atoms with Gasteiger partial charge in [0.25, 0.3) is 0 Å². The second-order valence-corrected chi connectivity index (χ2v) is 5.24. The molecule has 0 fully saturated rings. The summed E-state index contributed by atoms with van der Waals surface area (Å²) in [6, 6.07) is 0. The topological polar surface area (TPSA) is 92.3 Å². The number of hydrogen-bond donors (Lipinski definition) is 1. The number of hydrogen-bond acceptors (Lipinski definition) is 7. The molecule has 0 aliphatic heterocycles. The summed E-state index contributed by atoms with van der Waals surface area (Å²) >= 11 is 0. The third kappa shape index (κ3) is 15.7. The van der Waals surface area contributed by atoms with Crippen LogP contribution in [0.1, 0.15) is 26.7 Å². The Kier molecular flexibility index (Phi) is 15.8. The predicted molar refractivity (Wildman–Crippen MR) is 87.8 cm³/mol. The Morgan fingerprint density at radius 3 is 2.38 bits per heavy atom. The van der Waals surface area contributed by atoms with E-state index < -0.39 is 0 Å². The van der Waals surface area contributed by atoms with Gasteiger partial charge in [0.15, 0.2) is 0 Å². The monoisotopic (exact) mass is 349 g/mol. The van der Waals surface area contributed by atoms with Crippen molar-refractivity contribution in [3.8, 4) is 0 Å². The van der Waals surface area contributed by atoms with Crippen molar-refractivity contribution >= 4 is 12.4 Å². The van der Waals surface area contributed by atoms with Gasteiger partial charge in [0.2, 0.25) is 6.41 Å². The molecule has 0 aliphatic rings. The molecule has 1 N–H and O–H groups in total. The Balaban J connectivity index is 3.59. The highest BCUT2D eigenvalue weighted by atomic mass is 16.6. The van der Waals surface area contributed by atoms with Gasteiger partial charge in [-0.2, -0.15) is 0 Å². The maximum absolute atomic E-state index is 10.9. The van der Waals surface area contributed by atoms with Gasteiger partial charge in [0, 0.05) is 20.6 Å². The van der Waals surface area contributed by atoms with Gasteiger partial charge >= 0.3 is 5.97 Å². The molecule has 0 aromatic heterocycles. The van der Waals surface area contributed by atoms with Gasteiger partial charge in [-0.05, 0) is 19.8 Å². The first-order chi connectivity index (χ1) is 11.6. The van der Waals surface area contributed by atoms with Gasteiger partial charge in [-0.25, -0.2) is 0 Å². The minimum absolute atomic E-state index is 0.0535. The van der Waals surface area contributed by atoms with Crippen LogP contribution in [0, 0.1) is 0 Å². The summed E-state index contributed by atoms with van der Waals surface area (Å²) < 4.78 is 26.6. The molecule has 2 unspecified atom stereocenters. The van der Waals surface area contributed by atoms with E-state index in [1.165, 1.54) is 6.92 Å². The second-order valence-electron chi connectivity index (χ2n) is 5.24. The number of rotatable bonds is 17. The average molecular weight is 349 g/mol. The summed E-state index contributed by atoms with van der Waals surface area (Å²) in [7, 11) is 1.62. The molecule has 0 aromatic carbocycles. The van der Waals surface area contributed by atoms with Gasteiger partial charge in [-0.1, -0.05) is 0 Å². The smallest absolute Gasteiger partial charge is 0.302 e. The van der Waals surface area contributed by atoms with E-state index in [1.807, 2.05) is 6.92 Å². The first kappa shape index (κ1) is 22.8. The molecular weight excluding hydrogens is 318 g/mol. The molecule has 142 valence electrons. The van der Waals surface area contributed by atoms with Crippen molar-refractivity contribution in [2.24, 2.45) is 0 Å². The standard InChI is InChI=1S/C16H31NO7/c1-14(24-15(2)19)4-5-16(12-20-3)23-11-10-22-9-8-21-7-6-17-13-18/h13-14,16H,4-12H2,1-3H3,(H,17,18). The van der Waals surface area contributed by atoms with E-state index in [-0.39, 0.29) is 18.2 Å². The van der Waals surface area contributed by atoms with Crippen molar-refractivity contribution in [3.05, 3.63) is 0 Å². The van der Waals surface area contributed by atoms with Crippen molar-refractivity contribution in [1.29, 1.82) is 0 Å². The predicted octanol–water partition coefficient (Wildman–Crippen LogP) is 0.529. The Labute approximate surface area is 144 Å². The molecule has 0 rings (SSSR count). The van der Waals surface area contributed by atoms with E-state index in [0.717, 1.165) is 12.8 Å². The number of carbonyl (C=O) groups is 2. The fourth-order valence-electron chi connectivity index (χ4n) is 1.95. The number of carbonyl (C=O) groups excluding carboxylic acids is 2. The van der Waals surface area contributed by atoms with E-state index in [1.54, 1.807) is 7.11 Å². The fraction of sp³-hybridized carbons (Fsp3) is 0.875. The van der Waals surface area contributed by atoms with Crippen molar-refractivity contribution in [3.63, 3.8) is 0 Å². The lowest BCUT2D eigenvalue weighted by atomic mass is 10.1. The van der Waals surface area contributed by atoms with Gasteiger partial charge in [0.1, 0.15) is 0 Å². The Hall–Kier alpha value is -1.22. The summed E-state index contributed by atoms with van der Waals surface area (Å²) in [5.41, 5.74) is 0. The van der Waals surface area contributed by atoms with Crippen molar-refractivity contribution in [1.82, 2.24) is 5.32 Å². The normalized spacial score (nSPS) is 13.3. The highest BCUT2D eigenvalue weighted by molar-refractivity contribution is 5.66. The average Bonchev–Trinajstić information content (AvgIpc) is 2.53. The van der Waals surface area contributed by atoms with Gasteiger partial charge in [-0.3, -0.25) is 9.59 Å². The van der Waals surface area contributed by atoms with Crippen LogP contribution in [0.4, 0.5) is 0 Å². The molecule has 8 heteroatoms. The number of ether oxygens (including phenoxy) is 5. The number of esters is 1. The first-order valence-corrected chi connectivity index (χ1v) is 8.20. The maximum atomic E-state index is 10.9. The van der Waals surface area contributed by atoms with Crippen LogP contribution in [-0.2, 0) is 33.3 Å². The van der Waals surface area contributed by atoms with E-state index in [0.29, 0.717) is 52.6 Å². The molecule has 0 radical (unpaired) electrons. The van der Waals surface area contributed by atoms with Gasteiger partial charge in [0.05, 0.1) is 51.8 Å². The number of methoxy groups -OCH3 is 1. The Morgan fingerprint density at radius 2 is 1.75 bits per heavy atom. The van der Waals surface area contributed by atoms with Gasteiger partial charge < -0.3 is 29.0 Å². The minimum Gasteiger partial charge on any atom is -0.463 e. The van der Waals surface area contributed by atoms with E-state index >= 15 is 0 Å². The number of nitrogens with one attached hydrogen (secondary N) is 1. The molecule has 0 aromatic rings. The molecular formula is C16H31NO7. The van der Waals surface area contributed by atoms with Crippen LogP contribution in [0.2, 0.25) is 0 Å². The largest absolute Gasteiger partial charge is 0.463 e. The molecule has 2 atom stereocenters. The van der Waals surface area contributed by atoms with Crippen molar-refractivity contribution in [2.45, 2.75) is 38.9 Å². The SMILES string of the molecule is COCC(CCC(C)OC(C)=O)OCCOCCOCCNC=O. The Bertz CT molecular complexity index is 315. The molecule has 0 saturated heterocycles. The van der Waals surface area contributed by atoms with Crippen LogP contribution in [0.5, 0.6) is 0 Å². The molecule has 24 heavy (non-hydrogen) atoms. The zero-order valence-electron chi connectivity index (χ0n) is 15.0. The van der Waals surface area contributed by atoms with Gasteiger partial charge in [-0.15, -0.1) is 0 Å². The lowest BCUT2D eigenvalue weighted by molar-refractivity contribution is -0.146. The molecule has 0 bridgehead atoms. The molecule has 0 heterocycles. The van der Waals surface area contributed by atoms with Crippen LogP contribution in [0.25, 0.3) is 0 Å². The zero-order valence-corrected chi connectivity index (χ0v) is 15.0. The Morgan fingerprint density at radius 1 is 1.08 bits per heavy atom. The highest BCUT2D eigenvalue weighted by Gasteiger charge is 2.13. The third-order valence-corrected chi connectivity index (χ3v) is 3.04. The summed E-state index contributed by atoms with van der Waals surface area (Å²) in [5.74, 6) is -0.274. The summed E-state index contributed by atoms with van der Waals surface area (Å²) in [5, 5.41) is 2.51. The lowest BCUT2D eigenvalue weighted by Gasteiger charge is -2.19. The molecule has 0 aliphatic carbocycles. The lowest BCUT2D eigenvalue weighted by Crippen LogP contribution is -2.24. The van der Waals surface area contributed by atoms with Crippen LogP contribution in [0.3, 0.4) is 0 Å². The van der Waals surface area contributed by atoms with E-state index in [4.69, 9.17) is 23.7 Å². The number of amides is 1. The van der Waals surface area contributed by atoms with E-state index in [2.05, 4.69) is 5.32 Å². The zero-order chi connectivity index (χ0) is 18.0. The fourth-order valence-corrected chi connectivity index (χ4v) is 1.95. The summed E-state index contributed by atoms with van der Waals surface area (Å²) in [6.07, 6.45) is 1.92. The van der Waals surface area contributed by atoms with E-state index in [9.17, 15) is 9.59 Å².